The lowest BCUT2D eigenvalue weighted by atomic mass is 9.87. The van der Waals surface area contributed by atoms with Gasteiger partial charge in [0.1, 0.15) is 5.82 Å². The van der Waals surface area contributed by atoms with Crippen molar-refractivity contribution in [3.63, 3.8) is 0 Å². The third kappa shape index (κ3) is 2.55. The lowest BCUT2D eigenvalue weighted by Gasteiger charge is -2.23. The largest absolute Gasteiger partial charge is 0.327 e. The maximum Gasteiger partial charge on any atom is 0.123 e. The first kappa shape index (κ1) is 11.2. The van der Waals surface area contributed by atoms with Crippen LogP contribution < -0.4 is 5.73 Å². The Balaban J connectivity index is 2.78. The number of benzene rings is 1. The SMILES string of the molecule is CC(C)C(N)C(C)c1ccc(F)cc1. The third-order valence-corrected chi connectivity index (χ3v) is 2.74. The van der Waals surface area contributed by atoms with Crippen molar-refractivity contribution in [2.45, 2.75) is 32.7 Å². The second-order valence-corrected chi connectivity index (χ2v) is 4.16. The van der Waals surface area contributed by atoms with E-state index in [0.29, 0.717) is 5.92 Å². The smallest absolute Gasteiger partial charge is 0.123 e. The molecule has 0 radical (unpaired) electrons. The first-order valence-corrected chi connectivity index (χ1v) is 5.03. The number of halogens is 1. The van der Waals surface area contributed by atoms with Crippen LogP contribution in [0.4, 0.5) is 4.39 Å². The quantitative estimate of drug-likeness (QED) is 0.788. The molecule has 0 aliphatic carbocycles. The molecule has 0 fully saturated rings. The zero-order chi connectivity index (χ0) is 10.7. The highest BCUT2D eigenvalue weighted by molar-refractivity contribution is 5.21. The Morgan fingerprint density at radius 3 is 2.00 bits per heavy atom. The summed E-state index contributed by atoms with van der Waals surface area (Å²) in [6.45, 7) is 6.29. The van der Waals surface area contributed by atoms with Gasteiger partial charge in [-0.25, -0.2) is 4.39 Å². The van der Waals surface area contributed by atoms with Crippen molar-refractivity contribution in [1.82, 2.24) is 0 Å². The summed E-state index contributed by atoms with van der Waals surface area (Å²) in [5.41, 5.74) is 7.14. The molecule has 1 aromatic carbocycles. The summed E-state index contributed by atoms with van der Waals surface area (Å²) < 4.78 is 12.7. The second-order valence-electron chi connectivity index (χ2n) is 4.16. The van der Waals surface area contributed by atoms with Crippen LogP contribution in [0.25, 0.3) is 0 Å². The monoisotopic (exact) mass is 195 g/mol. The van der Waals surface area contributed by atoms with Crippen LogP contribution in [0.3, 0.4) is 0 Å². The van der Waals surface area contributed by atoms with E-state index in [2.05, 4.69) is 20.8 Å². The van der Waals surface area contributed by atoms with Crippen LogP contribution in [-0.2, 0) is 0 Å². The fourth-order valence-corrected chi connectivity index (χ4v) is 1.57. The molecule has 0 spiro atoms. The van der Waals surface area contributed by atoms with Gasteiger partial charge in [-0.15, -0.1) is 0 Å². The predicted octanol–water partition coefficient (Wildman–Crippen LogP) is 2.91. The molecule has 0 aliphatic heterocycles. The minimum absolute atomic E-state index is 0.125. The Kier molecular flexibility index (Phi) is 3.64. The summed E-state index contributed by atoms with van der Waals surface area (Å²) in [5.74, 6) is 0.518. The third-order valence-electron chi connectivity index (χ3n) is 2.74. The maximum absolute atomic E-state index is 12.7. The summed E-state index contributed by atoms with van der Waals surface area (Å²) in [5, 5.41) is 0. The Morgan fingerprint density at radius 1 is 1.07 bits per heavy atom. The molecular formula is C12H18FN. The first-order chi connectivity index (χ1) is 6.52. The Labute approximate surface area is 85.1 Å². The number of hydrogen-bond donors (Lipinski definition) is 1. The van der Waals surface area contributed by atoms with Gasteiger partial charge in [0, 0.05) is 6.04 Å². The summed E-state index contributed by atoms with van der Waals surface area (Å²) >= 11 is 0. The molecule has 2 atom stereocenters. The highest BCUT2D eigenvalue weighted by atomic mass is 19.1. The van der Waals surface area contributed by atoms with Crippen molar-refractivity contribution in [2.75, 3.05) is 0 Å². The van der Waals surface area contributed by atoms with E-state index in [1.165, 1.54) is 12.1 Å². The van der Waals surface area contributed by atoms with Gasteiger partial charge in [0.25, 0.3) is 0 Å². The van der Waals surface area contributed by atoms with Crippen LogP contribution in [0, 0.1) is 11.7 Å². The zero-order valence-electron chi connectivity index (χ0n) is 9.00. The van der Waals surface area contributed by atoms with Crippen LogP contribution in [-0.4, -0.2) is 6.04 Å². The standard InChI is InChI=1S/C12H18FN/c1-8(2)12(14)9(3)10-4-6-11(13)7-5-10/h4-9,12H,14H2,1-3H3. The highest BCUT2D eigenvalue weighted by Crippen LogP contribution is 2.22. The van der Waals surface area contributed by atoms with Crippen LogP contribution >= 0.6 is 0 Å². The van der Waals surface area contributed by atoms with Crippen LogP contribution in [0.1, 0.15) is 32.3 Å². The van der Waals surface area contributed by atoms with E-state index >= 15 is 0 Å². The summed E-state index contributed by atoms with van der Waals surface area (Å²) in [6.07, 6.45) is 0. The molecule has 2 unspecified atom stereocenters. The zero-order valence-corrected chi connectivity index (χ0v) is 9.00. The lowest BCUT2D eigenvalue weighted by Crippen LogP contribution is -2.32. The lowest BCUT2D eigenvalue weighted by molar-refractivity contribution is 0.434. The van der Waals surface area contributed by atoms with E-state index in [-0.39, 0.29) is 17.8 Å². The molecule has 0 aromatic heterocycles. The molecule has 0 bridgehead atoms. The van der Waals surface area contributed by atoms with Gasteiger partial charge in [-0.3, -0.25) is 0 Å². The average Bonchev–Trinajstić information content (AvgIpc) is 2.16. The molecular weight excluding hydrogens is 177 g/mol. The minimum atomic E-state index is -0.195. The molecule has 78 valence electrons. The van der Waals surface area contributed by atoms with Gasteiger partial charge in [-0.05, 0) is 29.5 Å². The normalized spacial score (nSPS) is 15.6. The van der Waals surface area contributed by atoms with Gasteiger partial charge in [-0.1, -0.05) is 32.9 Å². The molecule has 2 heteroatoms. The molecule has 1 nitrogen and oxygen atoms in total. The van der Waals surface area contributed by atoms with E-state index in [0.717, 1.165) is 5.56 Å². The van der Waals surface area contributed by atoms with E-state index in [9.17, 15) is 4.39 Å². The Bertz CT molecular complexity index is 279. The summed E-state index contributed by atoms with van der Waals surface area (Å²) in [7, 11) is 0. The predicted molar refractivity (Wildman–Crippen MR) is 57.6 cm³/mol. The van der Waals surface area contributed by atoms with E-state index in [1.807, 2.05) is 12.1 Å². The van der Waals surface area contributed by atoms with Crippen molar-refractivity contribution in [3.8, 4) is 0 Å². The molecule has 1 aromatic rings. The van der Waals surface area contributed by atoms with Gasteiger partial charge < -0.3 is 5.73 Å². The van der Waals surface area contributed by atoms with Crippen LogP contribution in [0.2, 0.25) is 0 Å². The minimum Gasteiger partial charge on any atom is -0.327 e. The number of nitrogens with two attached hydrogens (primary N) is 1. The van der Waals surface area contributed by atoms with Crippen molar-refractivity contribution >= 4 is 0 Å². The second kappa shape index (κ2) is 4.56. The molecule has 0 saturated heterocycles. The number of hydrogen-bond acceptors (Lipinski definition) is 1. The average molecular weight is 195 g/mol. The van der Waals surface area contributed by atoms with Gasteiger partial charge in [0.05, 0.1) is 0 Å². The molecule has 0 heterocycles. The van der Waals surface area contributed by atoms with Gasteiger partial charge in [-0.2, -0.15) is 0 Å². The Hall–Kier alpha value is -0.890. The number of rotatable bonds is 3. The van der Waals surface area contributed by atoms with Crippen LogP contribution in [0.15, 0.2) is 24.3 Å². The molecule has 0 saturated carbocycles. The molecule has 14 heavy (non-hydrogen) atoms. The molecule has 1 rings (SSSR count). The van der Waals surface area contributed by atoms with Gasteiger partial charge in [0.15, 0.2) is 0 Å². The topological polar surface area (TPSA) is 26.0 Å². The first-order valence-electron chi connectivity index (χ1n) is 5.03. The van der Waals surface area contributed by atoms with E-state index in [1.54, 1.807) is 0 Å². The molecule has 0 aliphatic rings. The van der Waals surface area contributed by atoms with Gasteiger partial charge >= 0.3 is 0 Å². The fourth-order valence-electron chi connectivity index (χ4n) is 1.57. The van der Waals surface area contributed by atoms with Crippen molar-refractivity contribution < 1.29 is 4.39 Å². The van der Waals surface area contributed by atoms with Gasteiger partial charge in [0.2, 0.25) is 0 Å². The molecule has 0 amide bonds. The maximum atomic E-state index is 12.7. The summed E-state index contributed by atoms with van der Waals surface area (Å²) in [6, 6.07) is 6.71. The Morgan fingerprint density at radius 2 is 1.57 bits per heavy atom. The highest BCUT2D eigenvalue weighted by Gasteiger charge is 2.17. The summed E-state index contributed by atoms with van der Waals surface area (Å²) in [4.78, 5) is 0. The van der Waals surface area contributed by atoms with E-state index in [4.69, 9.17) is 5.73 Å². The van der Waals surface area contributed by atoms with Crippen LogP contribution in [0.5, 0.6) is 0 Å². The molecule has 2 N–H and O–H groups in total. The van der Waals surface area contributed by atoms with Crippen molar-refractivity contribution in [1.29, 1.82) is 0 Å². The fraction of sp³-hybridized carbons (Fsp3) is 0.500. The van der Waals surface area contributed by atoms with E-state index < -0.39 is 0 Å². The van der Waals surface area contributed by atoms with Crippen molar-refractivity contribution in [2.24, 2.45) is 11.7 Å². The van der Waals surface area contributed by atoms with Crippen molar-refractivity contribution in [3.05, 3.63) is 35.6 Å².